The molecule has 2 aromatic rings. The molecule has 0 fully saturated rings. The summed E-state index contributed by atoms with van der Waals surface area (Å²) in [7, 11) is 0. The average molecular weight is 298 g/mol. The summed E-state index contributed by atoms with van der Waals surface area (Å²) in [5.41, 5.74) is 0.820. The van der Waals surface area contributed by atoms with E-state index in [-0.39, 0.29) is 23.2 Å². The van der Waals surface area contributed by atoms with Crippen LogP contribution in [0.4, 0.5) is 0 Å². The second-order valence-electron chi connectivity index (χ2n) is 3.71. The summed E-state index contributed by atoms with van der Waals surface area (Å²) in [5, 5.41) is 9.81. The van der Waals surface area contributed by atoms with Crippen LogP contribution in [0.25, 0.3) is 0 Å². The van der Waals surface area contributed by atoms with Crippen LogP contribution in [0.3, 0.4) is 0 Å². The number of ether oxygens (including phenoxy) is 1. The lowest BCUT2D eigenvalue weighted by Crippen LogP contribution is -2.05. The van der Waals surface area contributed by atoms with Gasteiger partial charge in [-0.3, -0.25) is 0 Å². The summed E-state index contributed by atoms with van der Waals surface area (Å²) in [5.74, 6) is -1.12. The molecule has 0 spiro atoms. The Bertz CT molecular complexity index is 599. The van der Waals surface area contributed by atoms with Gasteiger partial charge in [-0.05, 0) is 29.8 Å². The first-order valence-corrected chi connectivity index (χ1v) is 6.09. The normalized spacial score (nSPS) is 10.2. The van der Waals surface area contributed by atoms with Crippen molar-refractivity contribution in [1.82, 2.24) is 4.98 Å². The fourth-order valence-corrected chi connectivity index (χ4v) is 1.69. The number of carbonyl (C=O) groups is 1. The van der Waals surface area contributed by atoms with Crippen LogP contribution in [-0.2, 0) is 6.61 Å². The Balaban J connectivity index is 2.16. The highest BCUT2D eigenvalue weighted by atomic mass is 35.5. The zero-order chi connectivity index (χ0) is 13.8. The van der Waals surface area contributed by atoms with Crippen LogP contribution in [0.1, 0.15) is 15.9 Å². The van der Waals surface area contributed by atoms with Gasteiger partial charge in [0.2, 0.25) is 5.88 Å². The van der Waals surface area contributed by atoms with Gasteiger partial charge in [0.25, 0.3) is 0 Å². The van der Waals surface area contributed by atoms with Crippen LogP contribution >= 0.6 is 23.2 Å². The van der Waals surface area contributed by atoms with Crippen LogP contribution in [0.2, 0.25) is 10.2 Å². The van der Waals surface area contributed by atoms with E-state index >= 15 is 0 Å². The quantitative estimate of drug-likeness (QED) is 0.875. The summed E-state index contributed by atoms with van der Waals surface area (Å²) in [6.07, 6.45) is 0. The lowest BCUT2D eigenvalue weighted by atomic mass is 10.2. The first-order valence-electron chi connectivity index (χ1n) is 5.33. The van der Waals surface area contributed by atoms with Crippen molar-refractivity contribution in [3.63, 3.8) is 0 Å². The van der Waals surface area contributed by atoms with E-state index in [1.807, 2.05) is 0 Å². The number of hydrogen-bond donors (Lipinski definition) is 1. The molecular weight excluding hydrogens is 289 g/mol. The van der Waals surface area contributed by atoms with E-state index in [0.29, 0.717) is 5.02 Å². The van der Waals surface area contributed by atoms with Gasteiger partial charge in [0.05, 0.1) is 0 Å². The molecule has 0 aliphatic rings. The maximum Gasteiger partial charge on any atom is 0.341 e. The molecule has 0 aliphatic heterocycles. The molecule has 0 radical (unpaired) electrons. The van der Waals surface area contributed by atoms with E-state index in [1.54, 1.807) is 24.3 Å². The molecule has 1 aromatic heterocycles. The Labute approximate surface area is 119 Å². The first-order chi connectivity index (χ1) is 9.06. The Morgan fingerprint density at radius 3 is 2.47 bits per heavy atom. The smallest absolute Gasteiger partial charge is 0.341 e. The van der Waals surface area contributed by atoms with Crippen molar-refractivity contribution in [2.45, 2.75) is 6.61 Å². The van der Waals surface area contributed by atoms with Crippen LogP contribution in [0.5, 0.6) is 5.88 Å². The molecule has 0 unspecified atom stereocenters. The number of aromatic carboxylic acids is 1. The molecule has 0 aliphatic carbocycles. The van der Waals surface area contributed by atoms with Gasteiger partial charge in [0.1, 0.15) is 17.3 Å². The molecule has 1 N–H and O–H groups in total. The van der Waals surface area contributed by atoms with Crippen LogP contribution < -0.4 is 4.74 Å². The molecule has 1 aromatic carbocycles. The second kappa shape index (κ2) is 5.91. The van der Waals surface area contributed by atoms with Gasteiger partial charge >= 0.3 is 5.97 Å². The summed E-state index contributed by atoms with van der Waals surface area (Å²) in [6.45, 7) is 0.185. The van der Waals surface area contributed by atoms with E-state index in [4.69, 9.17) is 33.0 Å². The summed E-state index contributed by atoms with van der Waals surface area (Å²) in [6, 6.07) is 9.78. The topological polar surface area (TPSA) is 59.4 Å². The van der Waals surface area contributed by atoms with Gasteiger partial charge in [0.15, 0.2) is 0 Å². The Morgan fingerprint density at radius 1 is 1.16 bits per heavy atom. The van der Waals surface area contributed by atoms with Crippen molar-refractivity contribution in [3.8, 4) is 5.88 Å². The van der Waals surface area contributed by atoms with E-state index < -0.39 is 5.97 Å². The van der Waals surface area contributed by atoms with Crippen molar-refractivity contribution in [1.29, 1.82) is 0 Å². The third-order valence-corrected chi connectivity index (χ3v) is 2.81. The highest BCUT2D eigenvalue weighted by Crippen LogP contribution is 2.20. The van der Waals surface area contributed by atoms with Crippen molar-refractivity contribution in [2.24, 2.45) is 0 Å². The van der Waals surface area contributed by atoms with E-state index in [0.717, 1.165) is 5.56 Å². The van der Waals surface area contributed by atoms with Gasteiger partial charge in [0, 0.05) is 5.02 Å². The third kappa shape index (κ3) is 3.59. The molecule has 6 heteroatoms. The molecule has 1 heterocycles. The molecule has 19 heavy (non-hydrogen) atoms. The van der Waals surface area contributed by atoms with Crippen LogP contribution in [0.15, 0.2) is 36.4 Å². The standard InChI is InChI=1S/C13H9Cl2NO3/c14-9-3-1-8(2-4-9)7-19-12-10(13(17)18)5-6-11(15)16-12/h1-6H,7H2,(H,17,18). The highest BCUT2D eigenvalue weighted by Gasteiger charge is 2.13. The lowest BCUT2D eigenvalue weighted by molar-refractivity contribution is 0.0690. The number of benzene rings is 1. The van der Waals surface area contributed by atoms with Gasteiger partial charge in [-0.1, -0.05) is 35.3 Å². The Morgan fingerprint density at radius 2 is 1.84 bits per heavy atom. The minimum Gasteiger partial charge on any atom is -0.477 e. The number of aromatic nitrogens is 1. The monoisotopic (exact) mass is 297 g/mol. The van der Waals surface area contributed by atoms with Crippen molar-refractivity contribution >= 4 is 29.2 Å². The largest absolute Gasteiger partial charge is 0.477 e. The maximum absolute atomic E-state index is 11.0. The molecule has 4 nitrogen and oxygen atoms in total. The summed E-state index contributed by atoms with van der Waals surface area (Å²) < 4.78 is 5.39. The fraction of sp³-hybridized carbons (Fsp3) is 0.0769. The van der Waals surface area contributed by atoms with Gasteiger partial charge in [-0.25, -0.2) is 9.78 Å². The summed E-state index contributed by atoms with van der Waals surface area (Å²) >= 11 is 11.5. The molecule has 0 atom stereocenters. The molecule has 0 saturated carbocycles. The molecule has 0 saturated heterocycles. The highest BCUT2D eigenvalue weighted by molar-refractivity contribution is 6.30. The van der Waals surface area contributed by atoms with Crippen molar-refractivity contribution in [3.05, 3.63) is 57.7 Å². The number of carboxylic acids is 1. The predicted octanol–water partition coefficient (Wildman–Crippen LogP) is 3.67. The molecule has 0 amide bonds. The summed E-state index contributed by atoms with van der Waals surface area (Å²) in [4.78, 5) is 14.9. The SMILES string of the molecule is O=C(O)c1ccc(Cl)nc1OCc1ccc(Cl)cc1. The van der Waals surface area contributed by atoms with Crippen LogP contribution in [-0.4, -0.2) is 16.1 Å². The van der Waals surface area contributed by atoms with Crippen molar-refractivity contribution in [2.75, 3.05) is 0 Å². The number of rotatable bonds is 4. The number of halogens is 2. The Kier molecular flexibility index (Phi) is 4.24. The van der Waals surface area contributed by atoms with E-state index in [9.17, 15) is 4.79 Å². The molecule has 0 bridgehead atoms. The van der Waals surface area contributed by atoms with Crippen molar-refractivity contribution < 1.29 is 14.6 Å². The Hall–Kier alpha value is -1.78. The lowest BCUT2D eigenvalue weighted by Gasteiger charge is -2.08. The minimum absolute atomic E-state index is 0.00468. The number of pyridine rings is 1. The minimum atomic E-state index is -1.12. The zero-order valence-electron chi connectivity index (χ0n) is 9.64. The van der Waals surface area contributed by atoms with E-state index in [1.165, 1.54) is 12.1 Å². The number of hydrogen-bond acceptors (Lipinski definition) is 3. The van der Waals surface area contributed by atoms with Gasteiger partial charge < -0.3 is 9.84 Å². The fourth-order valence-electron chi connectivity index (χ4n) is 1.42. The molecule has 98 valence electrons. The maximum atomic E-state index is 11.0. The van der Waals surface area contributed by atoms with Crippen LogP contribution in [0, 0.1) is 0 Å². The number of carboxylic acid groups (broad SMARTS) is 1. The molecule has 2 rings (SSSR count). The first kappa shape index (κ1) is 13.6. The van der Waals surface area contributed by atoms with Gasteiger partial charge in [-0.15, -0.1) is 0 Å². The van der Waals surface area contributed by atoms with E-state index in [2.05, 4.69) is 4.98 Å². The molecular formula is C13H9Cl2NO3. The number of nitrogens with zero attached hydrogens (tertiary/aromatic N) is 1. The van der Waals surface area contributed by atoms with Gasteiger partial charge in [-0.2, -0.15) is 0 Å². The predicted molar refractivity (Wildman–Crippen MR) is 72.0 cm³/mol. The third-order valence-electron chi connectivity index (χ3n) is 2.35. The zero-order valence-corrected chi connectivity index (χ0v) is 11.1. The average Bonchev–Trinajstić information content (AvgIpc) is 2.38. The second-order valence-corrected chi connectivity index (χ2v) is 4.53.